The molecule has 0 aliphatic carbocycles. The minimum absolute atomic E-state index is 0.0851. The van der Waals surface area contributed by atoms with Crippen LogP contribution in [0.1, 0.15) is 12.2 Å². The number of hydrogen-bond donors (Lipinski definition) is 1. The lowest BCUT2D eigenvalue weighted by Crippen LogP contribution is -1.98. The minimum atomic E-state index is -2.67. The maximum atomic E-state index is 12.3. The van der Waals surface area contributed by atoms with Gasteiger partial charge in [0.1, 0.15) is 0 Å². The van der Waals surface area contributed by atoms with E-state index in [4.69, 9.17) is 5.73 Å². The van der Waals surface area contributed by atoms with Gasteiger partial charge in [-0.1, -0.05) is 0 Å². The second-order valence-electron chi connectivity index (χ2n) is 2.36. The standard InChI is InChI=1S/C6H5F2N5/c7-3(8)5-11-12-6-4(9)10-1-2-13(5)6/h1-3H,(H2,9,10). The van der Waals surface area contributed by atoms with Crippen molar-refractivity contribution in [3.8, 4) is 0 Å². The largest absolute Gasteiger partial charge is 0.381 e. The maximum Gasteiger partial charge on any atom is 0.297 e. The highest BCUT2D eigenvalue weighted by Gasteiger charge is 2.16. The van der Waals surface area contributed by atoms with Crippen molar-refractivity contribution in [1.29, 1.82) is 0 Å². The number of fused-ring (bicyclic) bond motifs is 1. The lowest BCUT2D eigenvalue weighted by molar-refractivity contribution is 0.139. The fourth-order valence-corrected chi connectivity index (χ4v) is 1.01. The monoisotopic (exact) mass is 185 g/mol. The van der Waals surface area contributed by atoms with Crippen LogP contribution in [-0.2, 0) is 0 Å². The number of aromatic nitrogens is 4. The summed E-state index contributed by atoms with van der Waals surface area (Å²) < 4.78 is 25.7. The molecule has 0 spiro atoms. The van der Waals surface area contributed by atoms with Crippen LogP contribution in [0.5, 0.6) is 0 Å². The summed E-state index contributed by atoms with van der Waals surface area (Å²) in [5.41, 5.74) is 5.54. The van der Waals surface area contributed by atoms with Crippen molar-refractivity contribution in [2.75, 3.05) is 5.73 Å². The van der Waals surface area contributed by atoms with Crippen LogP contribution >= 0.6 is 0 Å². The SMILES string of the molecule is Nc1nccn2c(C(F)F)nnc12. The number of rotatable bonds is 1. The van der Waals surface area contributed by atoms with Gasteiger partial charge >= 0.3 is 0 Å². The summed E-state index contributed by atoms with van der Waals surface area (Å²) in [5, 5.41) is 6.78. The normalized spacial score (nSPS) is 11.3. The molecule has 0 aromatic carbocycles. The van der Waals surface area contributed by atoms with Crippen LogP contribution in [-0.4, -0.2) is 19.6 Å². The molecule has 0 aliphatic rings. The zero-order valence-corrected chi connectivity index (χ0v) is 6.35. The van der Waals surface area contributed by atoms with E-state index in [0.29, 0.717) is 0 Å². The van der Waals surface area contributed by atoms with Gasteiger partial charge in [-0.25, -0.2) is 13.8 Å². The van der Waals surface area contributed by atoms with Crippen molar-refractivity contribution in [2.24, 2.45) is 0 Å². The first-order valence-electron chi connectivity index (χ1n) is 3.43. The van der Waals surface area contributed by atoms with Crippen molar-refractivity contribution in [3.05, 3.63) is 18.2 Å². The van der Waals surface area contributed by atoms with Gasteiger partial charge < -0.3 is 5.73 Å². The summed E-state index contributed by atoms with van der Waals surface area (Å²) in [5.74, 6) is -0.342. The van der Waals surface area contributed by atoms with Gasteiger partial charge in [-0.05, 0) is 0 Å². The van der Waals surface area contributed by atoms with Crippen molar-refractivity contribution in [3.63, 3.8) is 0 Å². The smallest absolute Gasteiger partial charge is 0.297 e. The third-order valence-electron chi connectivity index (χ3n) is 1.58. The van der Waals surface area contributed by atoms with E-state index in [1.165, 1.54) is 12.4 Å². The van der Waals surface area contributed by atoms with Crippen molar-refractivity contribution in [1.82, 2.24) is 19.6 Å². The van der Waals surface area contributed by atoms with Crippen LogP contribution in [0.15, 0.2) is 12.4 Å². The van der Waals surface area contributed by atoms with Crippen LogP contribution in [0.25, 0.3) is 5.65 Å². The Balaban J connectivity index is 2.75. The van der Waals surface area contributed by atoms with Crippen molar-refractivity contribution in [2.45, 2.75) is 6.43 Å². The summed E-state index contributed by atoms with van der Waals surface area (Å²) >= 11 is 0. The second kappa shape index (κ2) is 2.61. The van der Waals surface area contributed by atoms with E-state index in [0.717, 1.165) is 4.40 Å². The Kier molecular flexibility index (Phi) is 1.57. The molecule has 0 saturated carbocycles. The number of nitrogens with two attached hydrogens (primary N) is 1. The zero-order valence-electron chi connectivity index (χ0n) is 6.35. The number of halogens is 2. The van der Waals surface area contributed by atoms with E-state index >= 15 is 0 Å². The van der Waals surface area contributed by atoms with E-state index in [1.54, 1.807) is 0 Å². The van der Waals surface area contributed by atoms with Gasteiger partial charge in [-0.3, -0.25) is 4.40 Å². The van der Waals surface area contributed by atoms with Gasteiger partial charge in [0.2, 0.25) is 11.5 Å². The lowest BCUT2D eigenvalue weighted by Gasteiger charge is -1.97. The topological polar surface area (TPSA) is 69.1 Å². The van der Waals surface area contributed by atoms with Crippen LogP contribution in [0, 0.1) is 0 Å². The van der Waals surface area contributed by atoms with E-state index in [-0.39, 0.29) is 11.5 Å². The molecule has 13 heavy (non-hydrogen) atoms. The number of nitrogen functional groups attached to an aromatic ring is 1. The Hall–Kier alpha value is -1.79. The van der Waals surface area contributed by atoms with Gasteiger partial charge in [0.25, 0.3) is 6.43 Å². The van der Waals surface area contributed by atoms with Crippen LogP contribution in [0.2, 0.25) is 0 Å². The van der Waals surface area contributed by atoms with E-state index in [2.05, 4.69) is 15.2 Å². The average Bonchev–Trinajstić information content (AvgIpc) is 2.48. The molecule has 5 nitrogen and oxygen atoms in total. The highest BCUT2D eigenvalue weighted by Crippen LogP contribution is 2.18. The molecule has 7 heteroatoms. The predicted octanol–water partition coefficient (Wildman–Crippen LogP) is 0.644. The van der Waals surface area contributed by atoms with Crippen LogP contribution < -0.4 is 5.73 Å². The first-order valence-corrected chi connectivity index (χ1v) is 3.43. The highest BCUT2D eigenvalue weighted by atomic mass is 19.3. The number of alkyl halides is 2. The van der Waals surface area contributed by atoms with E-state index in [9.17, 15) is 8.78 Å². The predicted molar refractivity (Wildman–Crippen MR) is 40.2 cm³/mol. The first-order chi connectivity index (χ1) is 6.20. The molecule has 2 aromatic heterocycles. The Labute approximate surface area is 71.2 Å². The summed E-state index contributed by atoms with van der Waals surface area (Å²) in [6, 6.07) is 0. The van der Waals surface area contributed by atoms with Gasteiger partial charge in [0.05, 0.1) is 0 Å². The molecule has 0 radical (unpaired) electrons. The summed E-state index contributed by atoms with van der Waals surface area (Å²) in [6.07, 6.45) is -0.0121. The molecule has 0 atom stereocenters. The van der Waals surface area contributed by atoms with Crippen LogP contribution in [0.4, 0.5) is 14.6 Å². The first kappa shape index (κ1) is 7.84. The molecular weight excluding hydrogens is 180 g/mol. The van der Waals surface area contributed by atoms with Gasteiger partial charge in [0.15, 0.2) is 5.82 Å². The Morgan fingerprint density at radius 1 is 1.38 bits per heavy atom. The molecule has 2 heterocycles. The molecule has 0 unspecified atom stereocenters. The molecule has 0 fully saturated rings. The molecular formula is C6H5F2N5. The molecule has 0 saturated heterocycles. The summed E-state index contributed by atoms with van der Waals surface area (Å²) in [4.78, 5) is 3.69. The lowest BCUT2D eigenvalue weighted by atomic mass is 10.5. The van der Waals surface area contributed by atoms with Crippen molar-refractivity contribution < 1.29 is 8.78 Å². The molecule has 68 valence electrons. The third kappa shape index (κ3) is 1.08. The van der Waals surface area contributed by atoms with Gasteiger partial charge in [-0.15, -0.1) is 10.2 Å². The summed E-state index contributed by atoms with van der Waals surface area (Å²) in [6.45, 7) is 0. The van der Waals surface area contributed by atoms with Crippen LogP contribution in [0.3, 0.4) is 0 Å². The Bertz CT molecular complexity index is 438. The Morgan fingerprint density at radius 2 is 2.15 bits per heavy atom. The fraction of sp³-hybridized carbons (Fsp3) is 0.167. The molecule has 0 aliphatic heterocycles. The molecule has 2 N–H and O–H groups in total. The third-order valence-corrected chi connectivity index (χ3v) is 1.58. The fourth-order valence-electron chi connectivity index (χ4n) is 1.01. The molecule has 0 bridgehead atoms. The number of nitrogens with zero attached hydrogens (tertiary/aromatic N) is 4. The molecule has 0 amide bonds. The quantitative estimate of drug-likeness (QED) is 0.707. The minimum Gasteiger partial charge on any atom is -0.381 e. The highest BCUT2D eigenvalue weighted by molar-refractivity contribution is 5.58. The van der Waals surface area contributed by atoms with Crippen molar-refractivity contribution >= 4 is 11.5 Å². The Morgan fingerprint density at radius 3 is 2.85 bits per heavy atom. The number of anilines is 1. The molecule has 2 rings (SSSR count). The average molecular weight is 185 g/mol. The second-order valence-corrected chi connectivity index (χ2v) is 2.36. The number of hydrogen-bond acceptors (Lipinski definition) is 4. The van der Waals surface area contributed by atoms with Gasteiger partial charge in [-0.2, -0.15) is 0 Å². The summed E-state index contributed by atoms with van der Waals surface area (Å²) in [7, 11) is 0. The zero-order chi connectivity index (χ0) is 9.42. The van der Waals surface area contributed by atoms with E-state index < -0.39 is 12.2 Å². The maximum absolute atomic E-state index is 12.3. The molecule has 2 aromatic rings. The van der Waals surface area contributed by atoms with Gasteiger partial charge in [0, 0.05) is 12.4 Å². The van der Waals surface area contributed by atoms with E-state index in [1.807, 2.05) is 0 Å².